The zero-order chi connectivity index (χ0) is 20.4. The van der Waals surface area contributed by atoms with Crippen LogP contribution >= 0.6 is 0 Å². The van der Waals surface area contributed by atoms with Crippen molar-refractivity contribution < 1.29 is 18.3 Å². The summed E-state index contributed by atoms with van der Waals surface area (Å²) >= 11 is 0. The molecule has 0 radical (unpaired) electrons. The van der Waals surface area contributed by atoms with E-state index in [1.807, 2.05) is 46.8 Å². The van der Waals surface area contributed by atoms with Crippen molar-refractivity contribution in [2.75, 3.05) is 17.2 Å². The van der Waals surface area contributed by atoms with Crippen LogP contribution in [0.1, 0.15) is 36.2 Å². The van der Waals surface area contributed by atoms with Gasteiger partial charge >= 0.3 is 6.18 Å². The van der Waals surface area contributed by atoms with E-state index in [0.29, 0.717) is 5.69 Å². The third-order valence-corrected chi connectivity index (χ3v) is 4.26. The molecule has 0 saturated carbocycles. The maximum Gasteiger partial charge on any atom is 0.433 e. The molecule has 1 atom stereocenters. The van der Waals surface area contributed by atoms with Crippen LogP contribution < -0.4 is 10.6 Å². The van der Waals surface area contributed by atoms with E-state index < -0.39 is 17.9 Å². The quantitative estimate of drug-likeness (QED) is 0.682. The van der Waals surface area contributed by atoms with Gasteiger partial charge in [-0.1, -0.05) is 31.5 Å². The van der Waals surface area contributed by atoms with Crippen molar-refractivity contribution in [2.24, 2.45) is 5.92 Å². The lowest BCUT2D eigenvalue weighted by Crippen LogP contribution is -2.30. The first-order valence-corrected chi connectivity index (χ1v) is 8.69. The van der Waals surface area contributed by atoms with Gasteiger partial charge < -0.3 is 15.7 Å². The monoisotopic (exact) mass is 382 g/mol. The number of halogens is 3. The molecule has 1 aromatic carbocycles. The zero-order valence-electron chi connectivity index (χ0n) is 16.1. The molecule has 0 spiro atoms. The van der Waals surface area contributed by atoms with Gasteiger partial charge in [-0.2, -0.15) is 18.2 Å². The molecule has 3 N–H and O–H groups in total. The van der Waals surface area contributed by atoms with Gasteiger partial charge in [0.15, 0.2) is 5.69 Å². The summed E-state index contributed by atoms with van der Waals surface area (Å²) in [6.45, 7) is 9.18. The summed E-state index contributed by atoms with van der Waals surface area (Å²) < 4.78 is 39.8. The topological polar surface area (TPSA) is 70.1 Å². The molecular weight excluding hydrogens is 357 g/mol. The fourth-order valence-corrected chi connectivity index (χ4v) is 2.82. The predicted molar refractivity (Wildman–Crippen MR) is 100 cm³/mol. The maximum absolute atomic E-state index is 13.3. The van der Waals surface area contributed by atoms with Crippen LogP contribution in [0.3, 0.4) is 0 Å². The highest BCUT2D eigenvalue weighted by molar-refractivity contribution is 5.66. The number of nitrogens with one attached hydrogen (secondary N) is 2. The first kappa shape index (κ1) is 21.0. The van der Waals surface area contributed by atoms with Crippen LogP contribution in [0.15, 0.2) is 18.2 Å². The van der Waals surface area contributed by atoms with Gasteiger partial charge in [0.1, 0.15) is 5.82 Å². The fourth-order valence-electron chi connectivity index (χ4n) is 2.82. The molecule has 1 aromatic heterocycles. The van der Waals surface area contributed by atoms with E-state index in [0.717, 1.165) is 22.8 Å². The van der Waals surface area contributed by atoms with Gasteiger partial charge in [-0.05, 0) is 37.8 Å². The average Bonchev–Trinajstić information content (AvgIpc) is 2.54. The van der Waals surface area contributed by atoms with Crippen molar-refractivity contribution in [2.45, 2.75) is 46.8 Å². The van der Waals surface area contributed by atoms with Gasteiger partial charge in [-0.15, -0.1) is 0 Å². The summed E-state index contributed by atoms with van der Waals surface area (Å²) in [6, 6.07) is 4.32. The van der Waals surface area contributed by atoms with E-state index in [-0.39, 0.29) is 24.3 Å². The minimum atomic E-state index is -4.61. The number of benzene rings is 1. The number of rotatable bonds is 6. The van der Waals surface area contributed by atoms with Crippen molar-refractivity contribution in [3.05, 3.63) is 40.6 Å². The average molecular weight is 382 g/mol. The Labute approximate surface area is 157 Å². The standard InChI is InChI=1S/C19H25F3N4O/c1-10(2)14(9-27)23-18-24-15(19(20,21)22)8-16(26-18)25-17-12(4)6-11(3)7-13(17)5/h6-8,10,14,27H,9H2,1-5H3,(H2,23,24,25,26)/t14-/m1/s1. The van der Waals surface area contributed by atoms with E-state index in [1.54, 1.807) is 0 Å². The Hall–Kier alpha value is -2.35. The van der Waals surface area contributed by atoms with Crippen LogP contribution in [0.4, 0.5) is 30.6 Å². The molecule has 0 aliphatic carbocycles. The van der Waals surface area contributed by atoms with Crippen molar-refractivity contribution in [3.63, 3.8) is 0 Å². The predicted octanol–water partition coefficient (Wildman–Crippen LogP) is 4.59. The number of alkyl halides is 3. The van der Waals surface area contributed by atoms with Crippen LogP contribution in [0.5, 0.6) is 0 Å². The number of aryl methyl sites for hydroxylation is 3. The zero-order valence-corrected chi connectivity index (χ0v) is 16.1. The largest absolute Gasteiger partial charge is 0.433 e. The highest BCUT2D eigenvalue weighted by atomic mass is 19.4. The molecule has 2 aromatic rings. The van der Waals surface area contributed by atoms with Crippen molar-refractivity contribution in [3.8, 4) is 0 Å². The van der Waals surface area contributed by atoms with Crippen molar-refractivity contribution in [1.29, 1.82) is 0 Å². The normalized spacial score (nSPS) is 13.0. The SMILES string of the molecule is Cc1cc(C)c(Nc2cc(C(F)(F)F)nc(N[C@H](CO)C(C)C)n2)c(C)c1. The molecule has 0 saturated heterocycles. The second-order valence-electron chi connectivity index (χ2n) is 7.04. The van der Waals surface area contributed by atoms with Crippen LogP contribution in [-0.2, 0) is 6.18 Å². The summed E-state index contributed by atoms with van der Waals surface area (Å²) in [5.74, 6) is -0.149. The molecule has 2 rings (SSSR count). The molecular formula is C19H25F3N4O. The van der Waals surface area contributed by atoms with Crippen LogP contribution in [-0.4, -0.2) is 27.7 Å². The smallest absolute Gasteiger partial charge is 0.394 e. The third-order valence-electron chi connectivity index (χ3n) is 4.26. The fraction of sp³-hybridized carbons (Fsp3) is 0.474. The van der Waals surface area contributed by atoms with E-state index in [4.69, 9.17) is 0 Å². The third kappa shape index (κ3) is 5.32. The Bertz CT molecular complexity index is 783. The summed E-state index contributed by atoms with van der Waals surface area (Å²) in [4.78, 5) is 7.75. The second kappa shape index (κ2) is 8.12. The molecule has 0 amide bonds. The van der Waals surface area contributed by atoms with Crippen LogP contribution in [0, 0.1) is 26.7 Å². The Morgan fingerprint density at radius 1 is 1.04 bits per heavy atom. The first-order chi connectivity index (χ1) is 12.5. The maximum atomic E-state index is 13.3. The van der Waals surface area contributed by atoms with E-state index in [1.165, 1.54) is 0 Å². The van der Waals surface area contributed by atoms with Gasteiger partial charge in [-0.3, -0.25) is 0 Å². The van der Waals surface area contributed by atoms with Gasteiger partial charge in [0.05, 0.1) is 12.6 Å². The number of aromatic nitrogens is 2. The highest BCUT2D eigenvalue weighted by Gasteiger charge is 2.34. The number of hydrogen-bond donors (Lipinski definition) is 3. The van der Waals surface area contributed by atoms with E-state index >= 15 is 0 Å². The van der Waals surface area contributed by atoms with E-state index in [2.05, 4.69) is 20.6 Å². The van der Waals surface area contributed by atoms with E-state index in [9.17, 15) is 18.3 Å². The number of anilines is 3. The lowest BCUT2D eigenvalue weighted by atomic mass is 10.1. The summed E-state index contributed by atoms with van der Waals surface area (Å²) in [5.41, 5.74) is 2.54. The number of nitrogens with zero attached hydrogens (tertiary/aromatic N) is 2. The number of aliphatic hydroxyl groups is 1. The second-order valence-corrected chi connectivity index (χ2v) is 7.04. The lowest BCUT2D eigenvalue weighted by molar-refractivity contribution is -0.141. The molecule has 0 bridgehead atoms. The molecule has 0 unspecified atom stereocenters. The van der Waals surface area contributed by atoms with Crippen LogP contribution in [0.25, 0.3) is 0 Å². The minimum absolute atomic E-state index is 0.00820. The van der Waals surface area contributed by atoms with Gasteiger partial charge in [0.25, 0.3) is 0 Å². The lowest BCUT2D eigenvalue weighted by Gasteiger charge is -2.21. The summed E-state index contributed by atoms with van der Waals surface area (Å²) in [7, 11) is 0. The van der Waals surface area contributed by atoms with Crippen molar-refractivity contribution >= 4 is 17.5 Å². The Morgan fingerprint density at radius 2 is 1.63 bits per heavy atom. The number of hydrogen-bond acceptors (Lipinski definition) is 5. The highest BCUT2D eigenvalue weighted by Crippen LogP contribution is 2.32. The molecule has 1 heterocycles. The van der Waals surface area contributed by atoms with Gasteiger partial charge in [0, 0.05) is 11.8 Å². The molecule has 0 fully saturated rings. The van der Waals surface area contributed by atoms with Crippen molar-refractivity contribution in [1.82, 2.24) is 9.97 Å². The first-order valence-electron chi connectivity index (χ1n) is 8.69. The number of aliphatic hydroxyl groups excluding tert-OH is 1. The summed E-state index contributed by atoms with van der Waals surface area (Å²) in [5, 5.41) is 15.2. The molecule has 0 aliphatic heterocycles. The van der Waals surface area contributed by atoms with Gasteiger partial charge in [-0.25, -0.2) is 4.98 Å². The molecule has 148 valence electrons. The molecule has 8 heteroatoms. The Balaban J connectivity index is 2.45. The molecule has 0 aliphatic rings. The van der Waals surface area contributed by atoms with Gasteiger partial charge in [0.2, 0.25) is 5.95 Å². The van der Waals surface area contributed by atoms with Crippen LogP contribution in [0.2, 0.25) is 0 Å². The molecule has 27 heavy (non-hydrogen) atoms. The Morgan fingerprint density at radius 3 is 2.11 bits per heavy atom. The minimum Gasteiger partial charge on any atom is -0.394 e. The Kier molecular flexibility index (Phi) is 6.30. The summed E-state index contributed by atoms with van der Waals surface area (Å²) in [6.07, 6.45) is -4.61. The molecule has 5 nitrogen and oxygen atoms in total.